The number of hydrogen-bond donors (Lipinski definition) is 2. The second-order valence-corrected chi connectivity index (χ2v) is 6.11. The van der Waals surface area contributed by atoms with Gasteiger partial charge in [-0.3, -0.25) is 0 Å². The Morgan fingerprint density at radius 1 is 1.29 bits per heavy atom. The van der Waals surface area contributed by atoms with E-state index in [1.54, 1.807) is 7.11 Å². The zero-order valence-electron chi connectivity index (χ0n) is 14.5. The third-order valence-electron chi connectivity index (χ3n) is 4.47. The van der Waals surface area contributed by atoms with E-state index >= 15 is 0 Å². The van der Waals surface area contributed by atoms with Gasteiger partial charge in [-0.25, -0.2) is 4.98 Å². The topological polar surface area (TPSA) is 55.4 Å². The number of aromatic nitrogens is 1. The predicted octanol–water partition coefficient (Wildman–Crippen LogP) is 3.06. The summed E-state index contributed by atoms with van der Waals surface area (Å²) in [7, 11) is 3.58. The van der Waals surface area contributed by atoms with Gasteiger partial charge in [0.05, 0.1) is 13.2 Å². The summed E-state index contributed by atoms with van der Waals surface area (Å²) in [5.41, 5.74) is 4.79. The standard InChI is InChI=1S/C19H25N3O2/c1-13-4-6-16(20-2)15(10-13)12-21-17-8-9-24-19(17)14-5-7-18(23-3)22-11-14/h4-7,10-11,17,19-21H,8-9,12H2,1-3H3/t17-,19+/m0/s1. The minimum Gasteiger partial charge on any atom is -0.481 e. The van der Waals surface area contributed by atoms with Crippen LogP contribution in [0.25, 0.3) is 0 Å². The molecular weight excluding hydrogens is 302 g/mol. The SMILES string of the molecule is CNc1ccc(C)cc1CN[C@H]1CCO[C@@H]1c1ccc(OC)nc1. The number of rotatable bonds is 6. The number of nitrogens with one attached hydrogen (secondary N) is 2. The minimum atomic E-state index is 0.0336. The van der Waals surface area contributed by atoms with Gasteiger partial charge < -0.3 is 20.1 Å². The number of benzene rings is 1. The van der Waals surface area contributed by atoms with E-state index in [0.29, 0.717) is 5.88 Å². The van der Waals surface area contributed by atoms with Crippen molar-refractivity contribution in [2.45, 2.75) is 32.0 Å². The smallest absolute Gasteiger partial charge is 0.212 e. The van der Waals surface area contributed by atoms with Gasteiger partial charge in [-0.1, -0.05) is 17.7 Å². The summed E-state index contributed by atoms with van der Waals surface area (Å²) in [5.74, 6) is 0.625. The first kappa shape index (κ1) is 16.7. The fourth-order valence-electron chi connectivity index (χ4n) is 3.16. The van der Waals surface area contributed by atoms with Crippen LogP contribution in [0.5, 0.6) is 5.88 Å². The van der Waals surface area contributed by atoms with Crippen LogP contribution in [0.15, 0.2) is 36.5 Å². The Balaban J connectivity index is 1.69. The first-order valence-corrected chi connectivity index (χ1v) is 8.33. The second-order valence-electron chi connectivity index (χ2n) is 6.11. The Bertz CT molecular complexity index is 673. The fourth-order valence-corrected chi connectivity index (χ4v) is 3.16. The number of pyridine rings is 1. The van der Waals surface area contributed by atoms with Gasteiger partial charge in [0.15, 0.2) is 0 Å². The van der Waals surface area contributed by atoms with Gasteiger partial charge >= 0.3 is 0 Å². The van der Waals surface area contributed by atoms with Crippen molar-refractivity contribution >= 4 is 5.69 Å². The van der Waals surface area contributed by atoms with E-state index in [-0.39, 0.29) is 12.1 Å². The molecule has 1 aliphatic heterocycles. The van der Waals surface area contributed by atoms with Crippen LogP contribution in [-0.2, 0) is 11.3 Å². The van der Waals surface area contributed by atoms with Crippen molar-refractivity contribution in [3.63, 3.8) is 0 Å². The minimum absolute atomic E-state index is 0.0336. The van der Waals surface area contributed by atoms with Gasteiger partial charge in [0.2, 0.25) is 5.88 Å². The Labute approximate surface area is 143 Å². The number of aryl methyl sites for hydroxylation is 1. The van der Waals surface area contributed by atoms with Gasteiger partial charge in [-0.15, -0.1) is 0 Å². The Morgan fingerprint density at radius 3 is 2.88 bits per heavy atom. The monoisotopic (exact) mass is 327 g/mol. The van der Waals surface area contributed by atoms with Crippen molar-refractivity contribution < 1.29 is 9.47 Å². The van der Waals surface area contributed by atoms with Gasteiger partial charge in [0, 0.05) is 49.8 Å². The number of hydrogen-bond acceptors (Lipinski definition) is 5. The molecule has 3 rings (SSSR count). The summed E-state index contributed by atoms with van der Waals surface area (Å²) in [6, 6.07) is 10.7. The molecule has 5 heteroatoms. The molecule has 2 atom stereocenters. The van der Waals surface area contributed by atoms with Crippen LogP contribution in [-0.4, -0.2) is 31.8 Å². The molecule has 5 nitrogen and oxygen atoms in total. The Kier molecular flexibility index (Phi) is 5.33. The van der Waals surface area contributed by atoms with E-state index in [1.165, 1.54) is 11.1 Å². The van der Waals surface area contributed by atoms with Crippen molar-refractivity contribution in [3.8, 4) is 5.88 Å². The molecule has 0 spiro atoms. The Hall–Kier alpha value is -2.11. The average Bonchev–Trinajstić information content (AvgIpc) is 3.08. The molecule has 2 N–H and O–H groups in total. The highest BCUT2D eigenvalue weighted by atomic mass is 16.5. The van der Waals surface area contributed by atoms with E-state index in [1.807, 2.05) is 25.4 Å². The number of ether oxygens (including phenoxy) is 2. The molecule has 0 aliphatic carbocycles. The lowest BCUT2D eigenvalue weighted by Crippen LogP contribution is -2.31. The van der Waals surface area contributed by atoms with Gasteiger partial charge in [-0.05, 0) is 31.0 Å². The number of methoxy groups -OCH3 is 1. The second kappa shape index (κ2) is 7.64. The molecule has 2 aromatic rings. The zero-order chi connectivity index (χ0) is 16.9. The molecule has 0 radical (unpaired) electrons. The van der Waals surface area contributed by atoms with Crippen LogP contribution < -0.4 is 15.4 Å². The van der Waals surface area contributed by atoms with Crippen LogP contribution >= 0.6 is 0 Å². The van der Waals surface area contributed by atoms with Crippen molar-refractivity contribution in [2.75, 3.05) is 26.1 Å². The summed E-state index contributed by atoms with van der Waals surface area (Å²) in [4.78, 5) is 4.29. The third-order valence-corrected chi connectivity index (χ3v) is 4.47. The quantitative estimate of drug-likeness (QED) is 0.854. The maximum absolute atomic E-state index is 5.93. The number of anilines is 1. The van der Waals surface area contributed by atoms with Gasteiger partial charge in [0.25, 0.3) is 0 Å². The lowest BCUT2D eigenvalue weighted by Gasteiger charge is -2.21. The predicted molar refractivity (Wildman–Crippen MR) is 95.5 cm³/mol. The van der Waals surface area contributed by atoms with E-state index in [2.05, 4.69) is 40.7 Å². The molecule has 128 valence electrons. The zero-order valence-corrected chi connectivity index (χ0v) is 14.5. The van der Waals surface area contributed by atoms with Crippen molar-refractivity contribution in [2.24, 2.45) is 0 Å². The third kappa shape index (κ3) is 3.68. The van der Waals surface area contributed by atoms with Crippen LogP contribution in [0.1, 0.15) is 29.2 Å². The average molecular weight is 327 g/mol. The van der Waals surface area contributed by atoms with Crippen LogP contribution in [0, 0.1) is 6.92 Å². The van der Waals surface area contributed by atoms with E-state index in [9.17, 15) is 0 Å². The van der Waals surface area contributed by atoms with Crippen LogP contribution in [0.4, 0.5) is 5.69 Å². The summed E-state index contributed by atoms with van der Waals surface area (Å²) in [5, 5.41) is 6.91. The van der Waals surface area contributed by atoms with Crippen molar-refractivity contribution in [1.82, 2.24) is 10.3 Å². The number of nitrogens with zero attached hydrogens (tertiary/aromatic N) is 1. The van der Waals surface area contributed by atoms with E-state index < -0.39 is 0 Å². The Morgan fingerprint density at radius 2 is 2.17 bits per heavy atom. The highest BCUT2D eigenvalue weighted by molar-refractivity contribution is 5.52. The van der Waals surface area contributed by atoms with Crippen molar-refractivity contribution in [1.29, 1.82) is 0 Å². The molecule has 1 fully saturated rings. The molecule has 1 aromatic carbocycles. The molecule has 2 heterocycles. The highest BCUT2D eigenvalue weighted by Crippen LogP contribution is 2.30. The van der Waals surface area contributed by atoms with Crippen LogP contribution in [0.2, 0.25) is 0 Å². The van der Waals surface area contributed by atoms with Crippen LogP contribution in [0.3, 0.4) is 0 Å². The molecule has 0 bridgehead atoms. The highest BCUT2D eigenvalue weighted by Gasteiger charge is 2.29. The molecule has 1 aliphatic rings. The lowest BCUT2D eigenvalue weighted by molar-refractivity contribution is 0.0981. The van der Waals surface area contributed by atoms with Gasteiger partial charge in [0.1, 0.15) is 0 Å². The molecule has 0 amide bonds. The molecule has 0 unspecified atom stereocenters. The maximum Gasteiger partial charge on any atom is 0.212 e. The molecule has 24 heavy (non-hydrogen) atoms. The summed E-state index contributed by atoms with van der Waals surface area (Å²) in [6.07, 6.45) is 2.87. The first-order chi connectivity index (χ1) is 11.7. The summed E-state index contributed by atoms with van der Waals surface area (Å²) >= 11 is 0. The summed E-state index contributed by atoms with van der Waals surface area (Å²) in [6.45, 7) is 3.69. The maximum atomic E-state index is 5.93. The largest absolute Gasteiger partial charge is 0.481 e. The van der Waals surface area contributed by atoms with E-state index in [4.69, 9.17) is 9.47 Å². The molecule has 1 saturated heterocycles. The lowest BCUT2D eigenvalue weighted by atomic mass is 10.0. The fraction of sp³-hybridized carbons (Fsp3) is 0.421. The molecule has 0 saturated carbocycles. The molecular formula is C19H25N3O2. The summed E-state index contributed by atoms with van der Waals surface area (Å²) < 4.78 is 11.1. The molecule has 1 aromatic heterocycles. The normalized spacial score (nSPS) is 20.1. The van der Waals surface area contributed by atoms with E-state index in [0.717, 1.165) is 30.8 Å². The van der Waals surface area contributed by atoms with Gasteiger partial charge in [-0.2, -0.15) is 0 Å². The first-order valence-electron chi connectivity index (χ1n) is 8.33. The van der Waals surface area contributed by atoms with Crippen molar-refractivity contribution in [3.05, 3.63) is 53.2 Å².